The van der Waals surface area contributed by atoms with Gasteiger partial charge in [-0.3, -0.25) is 0 Å². The molecule has 1 heterocycles. The van der Waals surface area contributed by atoms with Gasteiger partial charge in [0.25, 0.3) is 0 Å². The van der Waals surface area contributed by atoms with E-state index in [1.54, 1.807) is 0 Å². The van der Waals surface area contributed by atoms with E-state index in [-0.39, 0.29) is 24.0 Å². The van der Waals surface area contributed by atoms with Gasteiger partial charge < -0.3 is 10.6 Å². The molecule has 26 heavy (non-hydrogen) atoms. The van der Waals surface area contributed by atoms with Gasteiger partial charge in [-0.15, -0.1) is 24.0 Å². The Hall–Kier alpha value is -1.34. The summed E-state index contributed by atoms with van der Waals surface area (Å²) in [5.74, 6) is 0.852. The molecular formula is C20H26ClIN4. The standard InChI is InChI=1S/C20H25ClN4.HI/c1-2-22-20(23-11-10-15-7-9-19(21)24-13-15)25-14-16-6-8-17-4-3-5-18(17)12-16;/h6-9,12-13H,2-5,10-11,14H2,1H3,(H2,22,23,25);1H. The third-order valence-corrected chi connectivity index (χ3v) is 4.65. The molecule has 0 saturated carbocycles. The maximum atomic E-state index is 5.82. The molecule has 0 aliphatic heterocycles. The molecule has 1 aliphatic rings. The van der Waals surface area contributed by atoms with E-state index in [4.69, 9.17) is 16.6 Å². The van der Waals surface area contributed by atoms with E-state index in [0.717, 1.165) is 31.0 Å². The van der Waals surface area contributed by atoms with Gasteiger partial charge in [-0.05, 0) is 60.9 Å². The van der Waals surface area contributed by atoms with Crippen molar-refractivity contribution in [2.45, 2.75) is 39.2 Å². The normalized spacial score (nSPS) is 13.1. The molecule has 0 radical (unpaired) electrons. The van der Waals surface area contributed by atoms with Crippen LogP contribution in [0.1, 0.15) is 35.6 Å². The van der Waals surface area contributed by atoms with E-state index >= 15 is 0 Å². The first-order valence-electron chi connectivity index (χ1n) is 8.98. The van der Waals surface area contributed by atoms with Crippen LogP contribution in [0.5, 0.6) is 0 Å². The molecule has 140 valence electrons. The summed E-state index contributed by atoms with van der Waals surface area (Å²) in [5, 5.41) is 7.22. The molecule has 0 bridgehead atoms. The molecule has 4 nitrogen and oxygen atoms in total. The van der Waals surface area contributed by atoms with E-state index in [1.165, 1.54) is 36.0 Å². The van der Waals surface area contributed by atoms with Crippen LogP contribution in [0.25, 0.3) is 0 Å². The Bertz CT molecular complexity index is 731. The summed E-state index contributed by atoms with van der Waals surface area (Å²) in [4.78, 5) is 8.82. The zero-order chi connectivity index (χ0) is 17.5. The Morgan fingerprint density at radius 2 is 1.92 bits per heavy atom. The number of guanidine groups is 1. The van der Waals surface area contributed by atoms with Gasteiger partial charge in [-0.25, -0.2) is 9.98 Å². The average Bonchev–Trinajstić information content (AvgIpc) is 3.09. The molecule has 0 unspecified atom stereocenters. The summed E-state index contributed by atoms with van der Waals surface area (Å²) < 4.78 is 0. The first kappa shape index (κ1) is 21.0. The van der Waals surface area contributed by atoms with E-state index in [0.29, 0.717) is 11.7 Å². The van der Waals surface area contributed by atoms with Gasteiger partial charge in [-0.2, -0.15) is 0 Å². The predicted octanol–water partition coefficient (Wildman–Crippen LogP) is 4.14. The van der Waals surface area contributed by atoms with Gasteiger partial charge in [0.1, 0.15) is 5.15 Å². The maximum absolute atomic E-state index is 5.82. The molecule has 3 rings (SSSR count). The van der Waals surface area contributed by atoms with Crippen molar-refractivity contribution < 1.29 is 0 Å². The van der Waals surface area contributed by atoms with E-state index < -0.39 is 0 Å². The topological polar surface area (TPSA) is 49.3 Å². The largest absolute Gasteiger partial charge is 0.357 e. The molecule has 0 spiro atoms. The van der Waals surface area contributed by atoms with E-state index in [1.807, 2.05) is 18.3 Å². The van der Waals surface area contributed by atoms with Gasteiger partial charge in [0.15, 0.2) is 5.96 Å². The Morgan fingerprint density at radius 1 is 1.12 bits per heavy atom. The van der Waals surface area contributed by atoms with Gasteiger partial charge in [0.2, 0.25) is 0 Å². The highest BCUT2D eigenvalue weighted by Crippen LogP contribution is 2.23. The van der Waals surface area contributed by atoms with Crippen molar-refractivity contribution in [1.82, 2.24) is 15.6 Å². The highest BCUT2D eigenvalue weighted by molar-refractivity contribution is 14.0. The Kier molecular flexibility index (Phi) is 8.65. The molecule has 6 heteroatoms. The first-order valence-corrected chi connectivity index (χ1v) is 9.35. The number of rotatable bonds is 6. The summed E-state index contributed by atoms with van der Waals surface area (Å²) in [5.41, 5.74) is 5.45. The molecule has 1 aliphatic carbocycles. The van der Waals surface area contributed by atoms with Crippen LogP contribution in [0, 0.1) is 0 Å². The molecule has 0 amide bonds. The molecular weight excluding hydrogens is 459 g/mol. The average molecular weight is 485 g/mol. The minimum atomic E-state index is 0. The smallest absolute Gasteiger partial charge is 0.191 e. The van der Waals surface area contributed by atoms with Crippen molar-refractivity contribution in [1.29, 1.82) is 0 Å². The third-order valence-electron chi connectivity index (χ3n) is 4.42. The van der Waals surface area contributed by atoms with Gasteiger partial charge in [0.05, 0.1) is 6.54 Å². The first-order chi connectivity index (χ1) is 12.2. The second-order valence-corrected chi connectivity index (χ2v) is 6.70. The van der Waals surface area contributed by atoms with E-state index in [2.05, 4.69) is 40.7 Å². The second-order valence-electron chi connectivity index (χ2n) is 6.32. The highest BCUT2D eigenvalue weighted by atomic mass is 127. The fraction of sp³-hybridized carbons (Fsp3) is 0.400. The van der Waals surface area contributed by atoms with Crippen molar-refractivity contribution in [2.24, 2.45) is 4.99 Å². The lowest BCUT2D eigenvalue weighted by Gasteiger charge is -2.11. The molecule has 1 aromatic heterocycles. The van der Waals surface area contributed by atoms with Crippen LogP contribution in [0.15, 0.2) is 41.5 Å². The summed E-state index contributed by atoms with van der Waals surface area (Å²) >= 11 is 5.82. The minimum Gasteiger partial charge on any atom is -0.357 e. The number of hydrogen-bond donors (Lipinski definition) is 2. The Morgan fingerprint density at radius 3 is 2.69 bits per heavy atom. The number of aliphatic imine (C=N–C) groups is 1. The molecule has 0 atom stereocenters. The lowest BCUT2D eigenvalue weighted by atomic mass is 10.1. The summed E-state index contributed by atoms with van der Waals surface area (Å²) in [6, 6.07) is 10.6. The summed E-state index contributed by atoms with van der Waals surface area (Å²) in [7, 11) is 0. The number of aromatic nitrogens is 1. The van der Waals surface area contributed by atoms with Crippen LogP contribution in [0.2, 0.25) is 5.15 Å². The minimum absolute atomic E-state index is 0. The Balaban J connectivity index is 0.00000243. The van der Waals surface area contributed by atoms with Crippen LogP contribution in [-0.4, -0.2) is 24.0 Å². The van der Waals surface area contributed by atoms with Crippen molar-refractivity contribution >= 4 is 41.5 Å². The zero-order valence-corrected chi connectivity index (χ0v) is 18.2. The number of pyridine rings is 1. The zero-order valence-electron chi connectivity index (χ0n) is 15.1. The van der Waals surface area contributed by atoms with Crippen molar-refractivity contribution in [3.8, 4) is 0 Å². The van der Waals surface area contributed by atoms with Crippen molar-refractivity contribution in [3.05, 3.63) is 63.9 Å². The summed E-state index contributed by atoms with van der Waals surface area (Å²) in [6.45, 7) is 4.43. The van der Waals surface area contributed by atoms with Gasteiger partial charge in [-0.1, -0.05) is 35.9 Å². The van der Waals surface area contributed by atoms with Crippen LogP contribution in [0.3, 0.4) is 0 Å². The fourth-order valence-electron chi connectivity index (χ4n) is 3.12. The molecule has 1 aromatic carbocycles. The molecule has 2 aromatic rings. The van der Waals surface area contributed by atoms with Crippen LogP contribution in [-0.2, 0) is 25.8 Å². The van der Waals surface area contributed by atoms with Gasteiger partial charge >= 0.3 is 0 Å². The summed E-state index contributed by atoms with van der Waals surface area (Å²) in [6.07, 6.45) is 6.42. The number of fused-ring (bicyclic) bond motifs is 1. The monoisotopic (exact) mass is 484 g/mol. The number of halogens is 2. The van der Waals surface area contributed by atoms with E-state index in [9.17, 15) is 0 Å². The molecule has 0 fully saturated rings. The molecule has 2 N–H and O–H groups in total. The van der Waals surface area contributed by atoms with Crippen LogP contribution < -0.4 is 10.6 Å². The number of benzene rings is 1. The third kappa shape index (κ3) is 6.13. The number of hydrogen-bond acceptors (Lipinski definition) is 2. The molecule has 0 saturated heterocycles. The maximum Gasteiger partial charge on any atom is 0.191 e. The van der Waals surface area contributed by atoms with Crippen molar-refractivity contribution in [3.63, 3.8) is 0 Å². The predicted molar refractivity (Wildman–Crippen MR) is 120 cm³/mol. The van der Waals surface area contributed by atoms with Crippen molar-refractivity contribution in [2.75, 3.05) is 13.1 Å². The van der Waals surface area contributed by atoms with Crippen LogP contribution >= 0.6 is 35.6 Å². The van der Waals surface area contributed by atoms with Gasteiger partial charge in [0, 0.05) is 19.3 Å². The lowest BCUT2D eigenvalue weighted by molar-refractivity contribution is 0.798. The quantitative estimate of drug-likeness (QED) is 0.280. The SMILES string of the molecule is CCNC(=NCc1ccc2c(c1)CCC2)NCCc1ccc(Cl)nc1.I. The second kappa shape index (κ2) is 10.7. The number of nitrogens with zero attached hydrogens (tertiary/aromatic N) is 2. The lowest BCUT2D eigenvalue weighted by Crippen LogP contribution is -2.38. The Labute approximate surface area is 177 Å². The fourth-order valence-corrected chi connectivity index (χ4v) is 3.23. The number of aryl methyl sites for hydroxylation is 2. The number of nitrogens with one attached hydrogen (secondary N) is 2. The van der Waals surface area contributed by atoms with Crippen LogP contribution in [0.4, 0.5) is 0 Å². The highest BCUT2D eigenvalue weighted by Gasteiger charge is 2.10.